The third-order valence-corrected chi connectivity index (χ3v) is 5.50. The fourth-order valence-corrected chi connectivity index (χ4v) is 3.79. The number of methoxy groups -OCH3 is 1. The summed E-state index contributed by atoms with van der Waals surface area (Å²) in [6.45, 7) is 1.70. The summed E-state index contributed by atoms with van der Waals surface area (Å²) in [5, 5.41) is 5.30. The maximum Gasteiger partial charge on any atom is 0.266 e. The Morgan fingerprint density at radius 2 is 1.58 bits per heavy atom. The van der Waals surface area contributed by atoms with E-state index in [0.717, 1.165) is 16.8 Å². The van der Waals surface area contributed by atoms with Crippen molar-refractivity contribution in [2.45, 2.75) is 13.0 Å². The Kier molecular flexibility index (Phi) is 6.29. The first-order chi connectivity index (χ1) is 15.1. The van der Waals surface area contributed by atoms with Crippen LogP contribution in [0.1, 0.15) is 6.92 Å². The van der Waals surface area contributed by atoms with Crippen molar-refractivity contribution in [1.82, 2.24) is 4.98 Å². The normalized spacial score (nSPS) is 11.5. The van der Waals surface area contributed by atoms with Crippen LogP contribution in [0.3, 0.4) is 0 Å². The molecule has 1 N–H and O–H groups in total. The van der Waals surface area contributed by atoms with Crippen molar-refractivity contribution < 1.29 is 14.3 Å². The monoisotopic (exact) mass is 430 g/mol. The highest BCUT2D eigenvalue weighted by atomic mass is 32.1. The van der Waals surface area contributed by atoms with Crippen LogP contribution < -0.4 is 14.8 Å². The minimum absolute atomic E-state index is 0.261. The molecule has 0 spiro atoms. The molecular formula is C25H22N2O3S. The summed E-state index contributed by atoms with van der Waals surface area (Å²) in [5.41, 5.74) is 4.14. The summed E-state index contributed by atoms with van der Waals surface area (Å²) in [7, 11) is 1.59. The number of carbonyl (C=O) groups is 1. The fourth-order valence-electron chi connectivity index (χ4n) is 3.07. The lowest BCUT2D eigenvalue weighted by Gasteiger charge is -2.14. The Hall–Kier alpha value is -3.64. The number of ether oxygens (including phenoxy) is 2. The molecule has 1 amide bonds. The van der Waals surface area contributed by atoms with Gasteiger partial charge in [-0.2, -0.15) is 0 Å². The number of rotatable bonds is 7. The van der Waals surface area contributed by atoms with Gasteiger partial charge >= 0.3 is 0 Å². The van der Waals surface area contributed by atoms with Gasteiger partial charge in [-0.15, -0.1) is 11.3 Å². The minimum atomic E-state index is -0.676. The second-order valence-electron chi connectivity index (χ2n) is 6.91. The molecule has 5 nitrogen and oxygen atoms in total. The van der Waals surface area contributed by atoms with E-state index in [2.05, 4.69) is 34.6 Å². The lowest BCUT2D eigenvalue weighted by molar-refractivity contribution is -0.122. The lowest BCUT2D eigenvalue weighted by Crippen LogP contribution is -2.30. The number of hydrogen-bond acceptors (Lipinski definition) is 5. The van der Waals surface area contributed by atoms with Crippen LogP contribution in [0.4, 0.5) is 5.13 Å². The van der Waals surface area contributed by atoms with Gasteiger partial charge in [0.15, 0.2) is 11.2 Å². The number of aromatic nitrogens is 1. The Labute approximate surface area is 185 Å². The van der Waals surface area contributed by atoms with Crippen molar-refractivity contribution in [1.29, 1.82) is 0 Å². The zero-order chi connectivity index (χ0) is 21.6. The molecule has 0 bridgehead atoms. The summed E-state index contributed by atoms with van der Waals surface area (Å²) < 4.78 is 10.9. The van der Waals surface area contributed by atoms with Gasteiger partial charge in [-0.1, -0.05) is 60.7 Å². The van der Waals surface area contributed by atoms with E-state index in [1.54, 1.807) is 26.2 Å². The smallest absolute Gasteiger partial charge is 0.266 e. The number of nitrogens with one attached hydrogen (secondary N) is 1. The van der Waals surface area contributed by atoms with Crippen molar-refractivity contribution in [3.63, 3.8) is 0 Å². The van der Waals surface area contributed by atoms with E-state index in [1.807, 2.05) is 47.8 Å². The first kappa shape index (κ1) is 20.6. The highest BCUT2D eigenvalue weighted by Gasteiger charge is 2.17. The topological polar surface area (TPSA) is 60.5 Å². The molecule has 3 aromatic carbocycles. The minimum Gasteiger partial charge on any atom is -0.497 e. The molecule has 0 aliphatic carbocycles. The molecule has 4 aromatic rings. The Morgan fingerprint density at radius 1 is 0.903 bits per heavy atom. The van der Waals surface area contributed by atoms with Gasteiger partial charge in [0, 0.05) is 17.0 Å². The van der Waals surface area contributed by atoms with E-state index in [0.29, 0.717) is 16.6 Å². The Balaban J connectivity index is 1.39. The average molecular weight is 431 g/mol. The van der Waals surface area contributed by atoms with E-state index in [4.69, 9.17) is 9.47 Å². The SMILES string of the molecule is COc1cccc(OC(C)C(=O)Nc2nc(-c3ccc(-c4ccccc4)cc3)cs2)c1. The first-order valence-corrected chi connectivity index (χ1v) is 10.7. The fraction of sp³-hybridized carbons (Fsp3) is 0.120. The first-order valence-electron chi connectivity index (χ1n) is 9.85. The predicted molar refractivity (Wildman–Crippen MR) is 125 cm³/mol. The average Bonchev–Trinajstić information content (AvgIpc) is 3.28. The van der Waals surface area contributed by atoms with Gasteiger partial charge in [-0.3, -0.25) is 10.1 Å². The lowest BCUT2D eigenvalue weighted by atomic mass is 10.0. The van der Waals surface area contributed by atoms with Crippen LogP contribution in [0.15, 0.2) is 84.2 Å². The molecule has 1 atom stereocenters. The third kappa shape index (κ3) is 5.10. The van der Waals surface area contributed by atoms with Gasteiger partial charge < -0.3 is 9.47 Å². The number of amides is 1. The van der Waals surface area contributed by atoms with Gasteiger partial charge in [0.2, 0.25) is 0 Å². The van der Waals surface area contributed by atoms with Gasteiger partial charge in [-0.05, 0) is 30.2 Å². The molecule has 0 aliphatic heterocycles. The predicted octanol–water partition coefficient (Wildman–Crippen LogP) is 5.89. The zero-order valence-corrected chi connectivity index (χ0v) is 18.1. The van der Waals surface area contributed by atoms with Crippen molar-refractivity contribution in [2.75, 3.05) is 12.4 Å². The standard InChI is InChI=1S/C25H22N2O3S/c1-17(30-22-10-6-9-21(15-22)29-2)24(28)27-25-26-23(16-31-25)20-13-11-19(12-14-20)18-7-4-3-5-8-18/h3-17H,1-2H3,(H,26,27,28). The van der Waals surface area contributed by atoms with Crippen molar-refractivity contribution in [2.24, 2.45) is 0 Å². The van der Waals surface area contributed by atoms with Crippen LogP contribution in [0.25, 0.3) is 22.4 Å². The largest absolute Gasteiger partial charge is 0.497 e. The van der Waals surface area contributed by atoms with Gasteiger partial charge in [-0.25, -0.2) is 4.98 Å². The number of benzene rings is 3. The van der Waals surface area contributed by atoms with Crippen molar-refractivity contribution in [3.05, 3.63) is 84.2 Å². The number of thiazole rings is 1. The van der Waals surface area contributed by atoms with E-state index >= 15 is 0 Å². The number of carbonyl (C=O) groups excluding carboxylic acids is 1. The number of nitrogens with zero attached hydrogens (tertiary/aromatic N) is 1. The van der Waals surface area contributed by atoms with Crippen LogP contribution >= 0.6 is 11.3 Å². The van der Waals surface area contributed by atoms with Crippen LogP contribution in [-0.2, 0) is 4.79 Å². The number of anilines is 1. The van der Waals surface area contributed by atoms with E-state index < -0.39 is 6.10 Å². The van der Waals surface area contributed by atoms with E-state index in [9.17, 15) is 4.79 Å². The molecule has 4 rings (SSSR count). The Bertz CT molecular complexity index is 1160. The molecule has 0 aliphatic rings. The van der Waals surface area contributed by atoms with Crippen molar-refractivity contribution >= 4 is 22.4 Å². The molecule has 31 heavy (non-hydrogen) atoms. The summed E-state index contributed by atoms with van der Waals surface area (Å²) in [5.74, 6) is 0.983. The zero-order valence-electron chi connectivity index (χ0n) is 17.2. The molecule has 0 radical (unpaired) electrons. The molecular weight excluding hydrogens is 408 g/mol. The van der Waals surface area contributed by atoms with E-state index in [1.165, 1.54) is 16.9 Å². The molecule has 0 saturated carbocycles. The quantitative estimate of drug-likeness (QED) is 0.397. The molecule has 156 valence electrons. The van der Waals surface area contributed by atoms with Crippen LogP contribution in [0.2, 0.25) is 0 Å². The molecule has 0 fully saturated rings. The second kappa shape index (κ2) is 9.45. The van der Waals surface area contributed by atoms with Crippen LogP contribution in [0, 0.1) is 0 Å². The molecule has 1 heterocycles. The summed E-state index contributed by atoms with van der Waals surface area (Å²) >= 11 is 1.38. The summed E-state index contributed by atoms with van der Waals surface area (Å²) in [4.78, 5) is 17.1. The van der Waals surface area contributed by atoms with E-state index in [-0.39, 0.29) is 5.91 Å². The molecule has 0 saturated heterocycles. The highest BCUT2D eigenvalue weighted by molar-refractivity contribution is 7.14. The molecule has 1 unspecified atom stereocenters. The van der Waals surface area contributed by atoms with Crippen LogP contribution in [0.5, 0.6) is 11.5 Å². The van der Waals surface area contributed by atoms with Gasteiger partial charge in [0.25, 0.3) is 5.91 Å². The molecule has 6 heteroatoms. The Morgan fingerprint density at radius 3 is 2.32 bits per heavy atom. The number of hydrogen-bond donors (Lipinski definition) is 1. The van der Waals surface area contributed by atoms with Gasteiger partial charge in [0.1, 0.15) is 11.5 Å². The maximum atomic E-state index is 12.5. The van der Waals surface area contributed by atoms with Crippen molar-refractivity contribution in [3.8, 4) is 33.9 Å². The van der Waals surface area contributed by atoms with Crippen LogP contribution in [-0.4, -0.2) is 24.1 Å². The third-order valence-electron chi connectivity index (χ3n) is 4.75. The van der Waals surface area contributed by atoms with Gasteiger partial charge in [0.05, 0.1) is 12.8 Å². The second-order valence-corrected chi connectivity index (χ2v) is 7.77. The summed E-state index contributed by atoms with van der Waals surface area (Å²) in [6.07, 6.45) is -0.676. The molecule has 1 aromatic heterocycles. The summed E-state index contributed by atoms with van der Waals surface area (Å²) in [6, 6.07) is 25.6. The highest BCUT2D eigenvalue weighted by Crippen LogP contribution is 2.28. The maximum absolute atomic E-state index is 12.5.